The lowest BCUT2D eigenvalue weighted by molar-refractivity contribution is 0.179. The van der Waals surface area contributed by atoms with Crippen molar-refractivity contribution in [2.75, 3.05) is 5.32 Å². The summed E-state index contributed by atoms with van der Waals surface area (Å²) >= 11 is 5.97. The third kappa shape index (κ3) is 3.61. The Morgan fingerprint density at radius 3 is 2.50 bits per heavy atom. The molecule has 0 fully saturated rings. The fraction of sp³-hybridized carbons (Fsp3) is 0.636. The molecule has 0 aliphatic rings. The number of hydrogen-bond donors (Lipinski definition) is 2. The lowest BCUT2D eigenvalue weighted by Crippen LogP contribution is -2.22. The molecule has 1 rings (SSSR count). The van der Waals surface area contributed by atoms with Crippen molar-refractivity contribution in [3.63, 3.8) is 0 Å². The fourth-order valence-corrected chi connectivity index (χ4v) is 1.75. The average Bonchev–Trinajstić information content (AvgIpc) is 2.11. The van der Waals surface area contributed by atoms with E-state index in [-0.39, 0.29) is 12.1 Å². The molecule has 5 heteroatoms. The van der Waals surface area contributed by atoms with Crippen molar-refractivity contribution in [1.82, 2.24) is 9.97 Å². The van der Waals surface area contributed by atoms with Crippen molar-refractivity contribution in [2.45, 2.75) is 46.3 Å². The molecular formula is C11H18ClN3O. The van der Waals surface area contributed by atoms with Gasteiger partial charge in [-0.25, -0.2) is 9.97 Å². The third-order valence-electron chi connectivity index (χ3n) is 2.28. The van der Waals surface area contributed by atoms with E-state index in [2.05, 4.69) is 15.3 Å². The average molecular weight is 244 g/mol. The van der Waals surface area contributed by atoms with E-state index in [0.29, 0.717) is 17.4 Å². The smallest absolute Gasteiger partial charge is 0.137 e. The Morgan fingerprint density at radius 2 is 1.94 bits per heavy atom. The Balaban J connectivity index is 2.80. The first-order chi connectivity index (χ1) is 7.40. The predicted molar refractivity (Wildman–Crippen MR) is 65.9 cm³/mol. The van der Waals surface area contributed by atoms with Crippen LogP contribution in [0.15, 0.2) is 0 Å². The highest BCUT2D eigenvalue weighted by Gasteiger charge is 2.11. The van der Waals surface area contributed by atoms with E-state index in [9.17, 15) is 5.11 Å². The molecule has 2 N–H and O–H groups in total. The van der Waals surface area contributed by atoms with E-state index in [1.54, 1.807) is 13.8 Å². The Bertz CT molecular complexity index is 368. The number of anilines is 1. The normalized spacial score (nSPS) is 14.6. The quantitative estimate of drug-likeness (QED) is 0.797. The molecule has 2 atom stereocenters. The minimum Gasteiger partial charge on any atom is -0.393 e. The topological polar surface area (TPSA) is 58.0 Å². The monoisotopic (exact) mass is 243 g/mol. The molecule has 16 heavy (non-hydrogen) atoms. The third-order valence-corrected chi connectivity index (χ3v) is 2.64. The minimum absolute atomic E-state index is 0.143. The van der Waals surface area contributed by atoms with Gasteiger partial charge in [0.25, 0.3) is 0 Å². The summed E-state index contributed by atoms with van der Waals surface area (Å²) in [6.07, 6.45) is 0.335. The fourth-order valence-electron chi connectivity index (χ4n) is 1.54. The minimum atomic E-state index is -0.332. The Labute approximate surface area is 101 Å². The molecule has 4 nitrogen and oxygen atoms in total. The van der Waals surface area contributed by atoms with Crippen LogP contribution in [0, 0.1) is 13.8 Å². The van der Waals surface area contributed by atoms with E-state index >= 15 is 0 Å². The molecule has 0 aliphatic carbocycles. The van der Waals surface area contributed by atoms with Gasteiger partial charge in [-0.3, -0.25) is 0 Å². The summed E-state index contributed by atoms with van der Waals surface area (Å²) in [6.45, 7) is 7.44. The number of aromatic nitrogens is 2. The second-order valence-corrected chi connectivity index (χ2v) is 4.52. The van der Waals surface area contributed by atoms with Crippen molar-refractivity contribution >= 4 is 17.4 Å². The first kappa shape index (κ1) is 13.2. The van der Waals surface area contributed by atoms with Crippen molar-refractivity contribution in [1.29, 1.82) is 0 Å². The molecule has 0 saturated heterocycles. The summed E-state index contributed by atoms with van der Waals surface area (Å²) < 4.78 is 0. The van der Waals surface area contributed by atoms with Crippen LogP contribution in [0.1, 0.15) is 31.7 Å². The summed E-state index contributed by atoms with van der Waals surface area (Å²) in [7, 11) is 0. The maximum atomic E-state index is 9.28. The molecule has 0 aliphatic heterocycles. The van der Waals surface area contributed by atoms with Crippen LogP contribution in [-0.2, 0) is 0 Å². The van der Waals surface area contributed by atoms with Crippen molar-refractivity contribution in [2.24, 2.45) is 0 Å². The number of aliphatic hydroxyl groups is 1. The van der Waals surface area contributed by atoms with Gasteiger partial charge in [-0.05, 0) is 34.1 Å². The van der Waals surface area contributed by atoms with Gasteiger partial charge in [-0.1, -0.05) is 11.6 Å². The van der Waals surface area contributed by atoms with Crippen LogP contribution in [0.25, 0.3) is 0 Å². The first-order valence-electron chi connectivity index (χ1n) is 5.35. The maximum Gasteiger partial charge on any atom is 0.137 e. The summed E-state index contributed by atoms with van der Waals surface area (Å²) in [5.74, 6) is 1.38. The maximum absolute atomic E-state index is 9.28. The molecule has 1 aromatic rings. The number of rotatable bonds is 4. The van der Waals surface area contributed by atoms with Gasteiger partial charge >= 0.3 is 0 Å². The molecule has 0 saturated carbocycles. The highest BCUT2D eigenvalue weighted by atomic mass is 35.5. The molecule has 0 radical (unpaired) electrons. The van der Waals surface area contributed by atoms with Gasteiger partial charge in [-0.2, -0.15) is 0 Å². The molecule has 0 aromatic carbocycles. The number of halogens is 1. The van der Waals surface area contributed by atoms with Crippen molar-refractivity contribution < 1.29 is 5.11 Å². The molecule has 1 aromatic heterocycles. The summed E-state index contributed by atoms with van der Waals surface area (Å²) in [5.41, 5.74) is 0.838. The van der Waals surface area contributed by atoms with Crippen LogP contribution in [-0.4, -0.2) is 27.2 Å². The van der Waals surface area contributed by atoms with E-state index in [1.165, 1.54) is 0 Å². The summed E-state index contributed by atoms with van der Waals surface area (Å²) in [4.78, 5) is 8.36. The highest BCUT2D eigenvalue weighted by Crippen LogP contribution is 2.20. The molecule has 0 bridgehead atoms. The van der Waals surface area contributed by atoms with Crippen molar-refractivity contribution in [3.05, 3.63) is 16.5 Å². The molecular weight excluding hydrogens is 226 g/mol. The number of nitrogens with one attached hydrogen (secondary N) is 1. The van der Waals surface area contributed by atoms with Gasteiger partial charge < -0.3 is 10.4 Å². The summed E-state index contributed by atoms with van der Waals surface area (Å²) in [5, 5.41) is 13.0. The molecule has 90 valence electrons. The SMILES string of the molecule is Cc1nc(Cl)c(C)c(NC(C)CC(C)O)n1. The van der Waals surface area contributed by atoms with Gasteiger partial charge in [0, 0.05) is 11.6 Å². The summed E-state index contributed by atoms with van der Waals surface area (Å²) in [6, 6.07) is 0.143. The van der Waals surface area contributed by atoms with E-state index in [4.69, 9.17) is 11.6 Å². The second-order valence-electron chi connectivity index (χ2n) is 4.17. The zero-order valence-corrected chi connectivity index (χ0v) is 10.8. The van der Waals surface area contributed by atoms with Crippen LogP contribution >= 0.6 is 11.6 Å². The van der Waals surface area contributed by atoms with Gasteiger partial charge in [0.15, 0.2) is 0 Å². The largest absolute Gasteiger partial charge is 0.393 e. The van der Waals surface area contributed by atoms with Gasteiger partial charge in [0.05, 0.1) is 6.10 Å². The van der Waals surface area contributed by atoms with Crippen LogP contribution in [0.5, 0.6) is 0 Å². The number of aryl methyl sites for hydroxylation is 1. The Hall–Kier alpha value is -0.870. The van der Waals surface area contributed by atoms with E-state index in [0.717, 1.165) is 11.4 Å². The molecule has 2 unspecified atom stereocenters. The standard InChI is InChI=1S/C11H18ClN3O/c1-6(5-7(2)16)13-11-8(3)10(12)14-9(4)15-11/h6-7,16H,5H2,1-4H3,(H,13,14,15). The molecule has 0 amide bonds. The second kappa shape index (κ2) is 5.46. The number of aliphatic hydroxyl groups excluding tert-OH is 1. The molecule has 0 spiro atoms. The number of nitrogens with zero attached hydrogens (tertiary/aromatic N) is 2. The van der Waals surface area contributed by atoms with Crippen LogP contribution in [0.3, 0.4) is 0 Å². The van der Waals surface area contributed by atoms with E-state index < -0.39 is 0 Å². The molecule has 1 heterocycles. The first-order valence-corrected chi connectivity index (χ1v) is 5.73. The number of hydrogen-bond acceptors (Lipinski definition) is 4. The van der Waals surface area contributed by atoms with E-state index in [1.807, 2.05) is 13.8 Å². The zero-order chi connectivity index (χ0) is 12.3. The van der Waals surface area contributed by atoms with Crippen molar-refractivity contribution in [3.8, 4) is 0 Å². The Morgan fingerprint density at radius 1 is 1.31 bits per heavy atom. The van der Waals surface area contributed by atoms with Gasteiger partial charge in [-0.15, -0.1) is 0 Å². The predicted octanol–water partition coefficient (Wildman–Crippen LogP) is 2.32. The zero-order valence-electron chi connectivity index (χ0n) is 10.1. The van der Waals surface area contributed by atoms with Gasteiger partial charge in [0.2, 0.25) is 0 Å². The highest BCUT2D eigenvalue weighted by molar-refractivity contribution is 6.30. The lowest BCUT2D eigenvalue weighted by atomic mass is 10.1. The van der Waals surface area contributed by atoms with Crippen LogP contribution < -0.4 is 5.32 Å². The van der Waals surface area contributed by atoms with Gasteiger partial charge in [0.1, 0.15) is 16.8 Å². The lowest BCUT2D eigenvalue weighted by Gasteiger charge is -2.17. The van der Waals surface area contributed by atoms with Crippen LogP contribution in [0.4, 0.5) is 5.82 Å². The van der Waals surface area contributed by atoms with Crippen LogP contribution in [0.2, 0.25) is 5.15 Å². The Kier molecular flexibility index (Phi) is 4.50.